The van der Waals surface area contributed by atoms with Crippen LogP contribution in [0.3, 0.4) is 0 Å². The van der Waals surface area contributed by atoms with Gasteiger partial charge in [-0.15, -0.1) is 11.3 Å². The maximum Gasteiger partial charge on any atom is 0.170 e. The van der Waals surface area contributed by atoms with E-state index in [1.807, 2.05) is 6.07 Å². The molecule has 2 nitrogen and oxygen atoms in total. The third-order valence-corrected chi connectivity index (χ3v) is 3.14. The summed E-state index contributed by atoms with van der Waals surface area (Å²) in [7, 11) is 1.80. The van der Waals surface area contributed by atoms with E-state index >= 15 is 0 Å². The van der Waals surface area contributed by atoms with Crippen LogP contribution in [0.15, 0.2) is 29.6 Å². The molecule has 0 aliphatic carbocycles. The van der Waals surface area contributed by atoms with Crippen LogP contribution in [0.25, 0.3) is 10.1 Å². The van der Waals surface area contributed by atoms with Gasteiger partial charge in [0.15, 0.2) is 5.11 Å². The molecule has 0 amide bonds. The number of benzene rings is 1. The molecule has 0 unspecified atom stereocenters. The van der Waals surface area contributed by atoms with E-state index in [-0.39, 0.29) is 0 Å². The first-order valence-corrected chi connectivity index (χ1v) is 5.54. The van der Waals surface area contributed by atoms with Gasteiger partial charge in [0.05, 0.1) is 0 Å². The van der Waals surface area contributed by atoms with Crippen molar-refractivity contribution in [3.05, 3.63) is 29.6 Å². The topological polar surface area (TPSA) is 24.1 Å². The number of hydrogen-bond donors (Lipinski definition) is 2. The highest BCUT2D eigenvalue weighted by Gasteiger charge is 1.98. The largest absolute Gasteiger partial charge is 0.366 e. The van der Waals surface area contributed by atoms with Gasteiger partial charge in [-0.3, -0.25) is 0 Å². The fourth-order valence-electron chi connectivity index (χ4n) is 1.24. The highest BCUT2D eigenvalue weighted by atomic mass is 32.1. The van der Waals surface area contributed by atoms with Crippen molar-refractivity contribution in [2.75, 3.05) is 12.4 Å². The average molecular weight is 222 g/mol. The molecule has 2 aromatic rings. The Labute approximate surface area is 91.9 Å². The second-order valence-electron chi connectivity index (χ2n) is 2.88. The summed E-state index contributed by atoms with van der Waals surface area (Å²) in [5.41, 5.74) is 1.02. The van der Waals surface area contributed by atoms with E-state index in [1.165, 1.54) is 10.1 Å². The van der Waals surface area contributed by atoms with Crippen LogP contribution in [-0.2, 0) is 0 Å². The summed E-state index contributed by atoms with van der Waals surface area (Å²) in [5.74, 6) is 0. The van der Waals surface area contributed by atoms with Gasteiger partial charge in [-0.05, 0) is 47.2 Å². The van der Waals surface area contributed by atoms with E-state index < -0.39 is 0 Å². The maximum absolute atomic E-state index is 5.02. The first kappa shape index (κ1) is 9.43. The fraction of sp³-hybridized carbons (Fsp3) is 0.100. The normalized spacial score (nSPS) is 10.1. The summed E-state index contributed by atoms with van der Waals surface area (Å²) in [6.07, 6.45) is 0. The monoisotopic (exact) mass is 222 g/mol. The van der Waals surface area contributed by atoms with Crippen LogP contribution in [0.2, 0.25) is 0 Å². The number of anilines is 1. The zero-order valence-corrected chi connectivity index (χ0v) is 9.34. The van der Waals surface area contributed by atoms with Crippen LogP contribution in [0, 0.1) is 0 Å². The number of thiocarbonyl (C=S) groups is 1. The molecule has 0 aliphatic heterocycles. The Balaban J connectivity index is 2.30. The fourth-order valence-corrected chi connectivity index (χ4v) is 2.13. The Hall–Kier alpha value is -1.13. The van der Waals surface area contributed by atoms with Gasteiger partial charge >= 0.3 is 0 Å². The van der Waals surface area contributed by atoms with E-state index in [9.17, 15) is 0 Å². The third kappa shape index (κ3) is 1.86. The predicted octanol–water partition coefficient (Wildman–Crippen LogP) is 2.82. The van der Waals surface area contributed by atoms with Crippen LogP contribution in [0.4, 0.5) is 5.69 Å². The van der Waals surface area contributed by atoms with Crippen LogP contribution in [0.1, 0.15) is 0 Å². The molecule has 2 rings (SSSR count). The van der Waals surface area contributed by atoms with Crippen molar-refractivity contribution in [2.24, 2.45) is 0 Å². The molecule has 2 N–H and O–H groups in total. The number of hydrogen-bond acceptors (Lipinski definition) is 2. The van der Waals surface area contributed by atoms with Crippen molar-refractivity contribution in [1.82, 2.24) is 5.32 Å². The van der Waals surface area contributed by atoms with Crippen LogP contribution in [0.5, 0.6) is 0 Å². The lowest BCUT2D eigenvalue weighted by atomic mass is 10.2. The number of thiophene rings is 1. The van der Waals surface area contributed by atoms with Gasteiger partial charge in [0, 0.05) is 17.4 Å². The summed E-state index contributed by atoms with van der Waals surface area (Å²) in [6, 6.07) is 8.33. The minimum Gasteiger partial charge on any atom is -0.366 e. The number of fused-ring (bicyclic) bond motifs is 1. The van der Waals surface area contributed by atoms with Crippen molar-refractivity contribution in [1.29, 1.82) is 0 Å². The first-order valence-electron chi connectivity index (χ1n) is 4.25. The lowest BCUT2D eigenvalue weighted by Crippen LogP contribution is -2.23. The molecule has 0 atom stereocenters. The molecule has 14 heavy (non-hydrogen) atoms. The quantitative estimate of drug-likeness (QED) is 0.726. The Kier molecular flexibility index (Phi) is 2.65. The van der Waals surface area contributed by atoms with Gasteiger partial charge in [-0.25, -0.2) is 0 Å². The minimum absolute atomic E-state index is 0.638. The molecule has 0 spiro atoms. The van der Waals surface area contributed by atoms with Gasteiger partial charge in [-0.2, -0.15) is 0 Å². The van der Waals surface area contributed by atoms with Gasteiger partial charge < -0.3 is 10.6 Å². The van der Waals surface area contributed by atoms with E-state index in [0.717, 1.165) is 5.69 Å². The molecular formula is C10H10N2S2. The second kappa shape index (κ2) is 3.94. The van der Waals surface area contributed by atoms with Crippen molar-refractivity contribution < 1.29 is 0 Å². The lowest BCUT2D eigenvalue weighted by molar-refractivity contribution is 1.20. The summed E-state index contributed by atoms with van der Waals surface area (Å²) in [5, 5.41) is 9.95. The maximum atomic E-state index is 5.02. The minimum atomic E-state index is 0.638. The standard InChI is InChI=1S/C10H10N2S2/c1-11-10(13)12-8-2-3-9-7(6-8)4-5-14-9/h2-6H,1H3,(H2,11,12,13). The Bertz CT molecular complexity index is 462. The van der Waals surface area contributed by atoms with Crippen LogP contribution in [-0.4, -0.2) is 12.2 Å². The third-order valence-electron chi connectivity index (χ3n) is 1.94. The summed E-state index contributed by atoms with van der Waals surface area (Å²) in [6.45, 7) is 0. The predicted molar refractivity (Wildman–Crippen MR) is 67.1 cm³/mol. The van der Waals surface area contributed by atoms with Crippen molar-refractivity contribution in [3.8, 4) is 0 Å². The van der Waals surface area contributed by atoms with Crippen molar-refractivity contribution in [2.45, 2.75) is 0 Å². The molecule has 1 heterocycles. The molecule has 0 radical (unpaired) electrons. The zero-order valence-electron chi connectivity index (χ0n) is 7.70. The van der Waals surface area contributed by atoms with Gasteiger partial charge in [0.1, 0.15) is 0 Å². The molecule has 1 aromatic heterocycles. The SMILES string of the molecule is CNC(=S)Nc1ccc2sccc2c1. The number of nitrogens with one attached hydrogen (secondary N) is 2. The molecule has 0 aliphatic rings. The smallest absolute Gasteiger partial charge is 0.170 e. The molecule has 0 saturated carbocycles. The van der Waals surface area contributed by atoms with Gasteiger partial charge in [0.2, 0.25) is 0 Å². The first-order chi connectivity index (χ1) is 6.79. The summed E-state index contributed by atoms with van der Waals surface area (Å²) >= 11 is 6.76. The highest BCUT2D eigenvalue weighted by Crippen LogP contribution is 2.23. The highest BCUT2D eigenvalue weighted by molar-refractivity contribution is 7.80. The van der Waals surface area contributed by atoms with Crippen LogP contribution >= 0.6 is 23.6 Å². The Morgan fingerprint density at radius 3 is 3.00 bits per heavy atom. The van der Waals surface area contributed by atoms with E-state index in [4.69, 9.17) is 12.2 Å². The van der Waals surface area contributed by atoms with E-state index in [0.29, 0.717) is 5.11 Å². The molecule has 4 heteroatoms. The second-order valence-corrected chi connectivity index (χ2v) is 4.23. The van der Waals surface area contributed by atoms with E-state index in [1.54, 1.807) is 18.4 Å². The Morgan fingerprint density at radius 2 is 2.21 bits per heavy atom. The lowest BCUT2D eigenvalue weighted by Gasteiger charge is -2.06. The number of rotatable bonds is 1. The van der Waals surface area contributed by atoms with Crippen molar-refractivity contribution in [3.63, 3.8) is 0 Å². The molecule has 72 valence electrons. The van der Waals surface area contributed by atoms with Gasteiger partial charge in [-0.1, -0.05) is 0 Å². The molecule has 0 fully saturated rings. The zero-order chi connectivity index (χ0) is 9.97. The molecule has 1 aromatic carbocycles. The Morgan fingerprint density at radius 1 is 1.36 bits per heavy atom. The summed E-state index contributed by atoms with van der Waals surface area (Å²) < 4.78 is 1.30. The molecule has 0 bridgehead atoms. The summed E-state index contributed by atoms with van der Waals surface area (Å²) in [4.78, 5) is 0. The molecular weight excluding hydrogens is 212 g/mol. The van der Waals surface area contributed by atoms with Crippen molar-refractivity contribution >= 4 is 44.4 Å². The van der Waals surface area contributed by atoms with Crippen LogP contribution < -0.4 is 10.6 Å². The molecule has 0 saturated heterocycles. The van der Waals surface area contributed by atoms with E-state index in [2.05, 4.69) is 34.2 Å². The van der Waals surface area contributed by atoms with Gasteiger partial charge in [0.25, 0.3) is 0 Å². The average Bonchev–Trinajstić information content (AvgIpc) is 2.64.